The van der Waals surface area contributed by atoms with E-state index in [0.717, 1.165) is 0 Å². The fraction of sp³-hybridized carbons (Fsp3) is 0.375. The van der Waals surface area contributed by atoms with Gasteiger partial charge in [0.05, 0.1) is 33.6 Å². The van der Waals surface area contributed by atoms with E-state index in [4.69, 9.17) is 24.2 Å². The number of hydrogen-bond donors (Lipinski definition) is 2. The third-order valence-electron chi connectivity index (χ3n) is 3.16. The number of methoxy groups -OCH3 is 3. The lowest BCUT2D eigenvalue weighted by Crippen LogP contribution is -2.28. The van der Waals surface area contributed by atoms with E-state index < -0.39 is 17.6 Å². The van der Waals surface area contributed by atoms with Crippen molar-refractivity contribution in [1.29, 1.82) is 0 Å². The van der Waals surface area contributed by atoms with Crippen molar-refractivity contribution >= 4 is 23.3 Å². The Hall–Kier alpha value is -3.30. The van der Waals surface area contributed by atoms with E-state index in [1.54, 1.807) is 6.92 Å². The van der Waals surface area contributed by atoms with Crippen LogP contribution in [0.5, 0.6) is 17.2 Å². The highest BCUT2D eigenvalue weighted by molar-refractivity contribution is 6.65. The van der Waals surface area contributed by atoms with Crippen LogP contribution >= 0.6 is 0 Å². The van der Waals surface area contributed by atoms with E-state index in [2.05, 4.69) is 15.7 Å². The molecule has 10 heteroatoms. The molecule has 1 amide bonds. The minimum absolute atomic E-state index is 0.0354. The van der Waals surface area contributed by atoms with Gasteiger partial charge in [-0.1, -0.05) is 5.16 Å². The highest BCUT2D eigenvalue weighted by atomic mass is 16.5. The van der Waals surface area contributed by atoms with Crippen LogP contribution in [0.15, 0.2) is 22.4 Å². The molecule has 142 valence electrons. The number of hydrogen-bond acceptors (Lipinski definition) is 9. The molecule has 0 aromatic heterocycles. The second kappa shape index (κ2) is 9.87. The molecular weight excluding hydrogens is 346 g/mol. The van der Waals surface area contributed by atoms with Gasteiger partial charge in [-0.05, 0) is 26.0 Å². The molecule has 0 heterocycles. The SMILES string of the molecule is CCOC(=O)C(=N\O)/C(C)=N/NC(=O)c1cc(OC)c(OC)c(OC)c1. The van der Waals surface area contributed by atoms with Crippen molar-refractivity contribution in [3.05, 3.63) is 17.7 Å². The molecule has 2 N–H and O–H groups in total. The lowest BCUT2D eigenvalue weighted by atomic mass is 10.1. The van der Waals surface area contributed by atoms with E-state index in [0.29, 0.717) is 17.2 Å². The summed E-state index contributed by atoms with van der Waals surface area (Å²) in [5.74, 6) is -0.546. The van der Waals surface area contributed by atoms with Crippen LogP contribution in [0.25, 0.3) is 0 Å². The highest BCUT2D eigenvalue weighted by Gasteiger charge is 2.19. The lowest BCUT2D eigenvalue weighted by molar-refractivity contribution is -0.134. The number of nitrogens with one attached hydrogen (secondary N) is 1. The molecule has 0 aliphatic carbocycles. The Kier molecular flexibility index (Phi) is 7.87. The number of hydrazone groups is 1. The number of rotatable bonds is 8. The van der Waals surface area contributed by atoms with E-state index in [1.165, 1.54) is 40.4 Å². The van der Waals surface area contributed by atoms with Crippen molar-refractivity contribution in [3.63, 3.8) is 0 Å². The first-order chi connectivity index (χ1) is 12.4. The molecular formula is C16H21N3O7. The van der Waals surface area contributed by atoms with Crippen LogP contribution in [0.3, 0.4) is 0 Å². The average Bonchev–Trinajstić information content (AvgIpc) is 2.65. The van der Waals surface area contributed by atoms with Gasteiger partial charge in [-0.2, -0.15) is 5.10 Å². The number of nitrogens with zero attached hydrogens (tertiary/aromatic N) is 2. The third kappa shape index (κ3) is 4.85. The van der Waals surface area contributed by atoms with Crippen LogP contribution in [0.1, 0.15) is 24.2 Å². The number of carbonyl (C=O) groups is 2. The van der Waals surface area contributed by atoms with Crippen molar-refractivity contribution in [2.75, 3.05) is 27.9 Å². The molecule has 0 atom stereocenters. The van der Waals surface area contributed by atoms with Gasteiger partial charge in [-0.15, -0.1) is 0 Å². The molecule has 1 aromatic carbocycles. The Bertz CT molecular complexity index is 704. The summed E-state index contributed by atoms with van der Waals surface area (Å²) in [5, 5.41) is 15.5. The molecule has 0 unspecified atom stereocenters. The van der Waals surface area contributed by atoms with E-state index in [1.807, 2.05) is 0 Å². The van der Waals surface area contributed by atoms with Crippen LogP contribution in [-0.2, 0) is 9.53 Å². The Labute approximate surface area is 150 Å². The second-order valence-electron chi connectivity index (χ2n) is 4.72. The van der Waals surface area contributed by atoms with E-state index in [9.17, 15) is 9.59 Å². The smallest absolute Gasteiger partial charge is 0.362 e. The molecule has 0 fully saturated rings. The Morgan fingerprint density at radius 3 is 2.12 bits per heavy atom. The quantitative estimate of drug-likeness (QED) is 0.306. The van der Waals surface area contributed by atoms with Crippen molar-refractivity contribution in [3.8, 4) is 17.2 Å². The maximum absolute atomic E-state index is 12.3. The van der Waals surface area contributed by atoms with Gasteiger partial charge in [0, 0.05) is 5.56 Å². The number of esters is 1. The van der Waals surface area contributed by atoms with Crippen LogP contribution in [0, 0.1) is 0 Å². The summed E-state index contributed by atoms with van der Waals surface area (Å²) in [6, 6.07) is 2.88. The predicted molar refractivity (Wildman–Crippen MR) is 92.5 cm³/mol. The van der Waals surface area contributed by atoms with Crippen molar-refractivity contribution < 1.29 is 33.7 Å². The molecule has 0 radical (unpaired) electrons. The number of oxime groups is 1. The largest absolute Gasteiger partial charge is 0.493 e. The Morgan fingerprint density at radius 1 is 1.12 bits per heavy atom. The fourth-order valence-electron chi connectivity index (χ4n) is 1.92. The van der Waals surface area contributed by atoms with Gasteiger partial charge in [-0.3, -0.25) is 4.79 Å². The normalized spacial score (nSPS) is 11.6. The first-order valence-electron chi connectivity index (χ1n) is 7.47. The molecule has 0 aliphatic rings. The summed E-state index contributed by atoms with van der Waals surface area (Å²) < 4.78 is 20.3. The van der Waals surface area contributed by atoms with Gasteiger partial charge in [-0.25, -0.2) is 10.2 Å². The molecule has 1 rings (SSSR count). The molecule has 10 nitrogen and oxygen atoms in total. The van der Waals surface area contributed by atoms with Crippen LogP contribution in [0.4, 0.5) is 0 Å². The van der Waals surface area contributed by atoms with Crippen molar-refractivity contribution in [1.82, 2.24) is 5.43 Å². The topological polar surface area (TPSA) is 128 Å². The second-order valence-corrected chi connectivity index (χ2v) is 4.72. The number of carbonyl (C=O) groups excluding carboxylic acids is 2. The standard InChI is InChI=1S/C16H21N3O7/c1-6-26-16(21)13(19-22)9(2)17-18-15(20)10-7-11(23-3)14(25-5)12(8-10)24-4/h7-8,22H,6H2,1-5H3,(H,18,20)/b17-9+,19-13-. The summed E-state index contributed by atoms with van der Waals surface area (Å²) in [5.41, 5.74) is 1.97. The van der Waals surface area contributed by atoms with Crippen LogP contribution < -0.4 is 19.6 Å². The molecule has 0 spiro atoms. The van der Waals surface area contributed by atoms with Gasteiger partial charge in [0.25, 0.3) is 5.91 Å². The molecule has 1 aromatic rings. The lowest BCUT2D eigenvalue weighted by Gasteiger charge is -2.13. The first kappa shape index (κ1) is 20.7. The predicted octanol–water partition coefficient (Wildman–Crippen LogP) is 1.21. The monoisotopic (exact) mass is 367 g/mol. The number of ether oxygens (including phenoxy) is 4. The van der Waals surface area contributed by atoms with E-state index >= 15 is 0 Å². The zero-order valence-corrected chi connectivity index (χ0v) is 15.2. The Balaban J connectivity index is 3.05. The van der Waals surface area contributed by atoms with Crippen molar-refractivity contribution in [2.45, 2.75) is 13.8 Å². The summed E-state index contributed by atoms with van der Waals surface area (Å²) in [4.78, 5) is 23.9. The zero-order valence-electron chi connectivity index (χ0n) is 15.2. The van der Waals surface area contributed by atoms with Gasteiger partial charge in [0.15, 0.2) is 11.5 Å². The van der Waals surface area contributed by atoms with Crippen molar-refractivity contribution in [2.24, 2.45) is 10.3 Å². The summed E-state index contributed by atoms with van der Waals surface area (Å²) in [6.45, 7) is 3.08. The molecule has 26 heavy (non-hydrogen) atoms. The summed E-state index contributed by atoms with van der Waals surface area (Å²) in [7, 11) is 4.29. The van der Waals surface area contributed by atoms with Gasteiger partial charge < -0.3 is 24.2 Å². The fourth-order valence-corrected chi connectivity index (χ4v) is 1.92. The Morgan fingerprint density at radius 2 is 1.69 bits per heavy atom. The maximum atomic E-state index is 12.3. The zero-order chi connectivity index (χ0) is 19.7. The highest BCUT2D eigenvalue weighted by Crippen LogP contribution is 2.38. The first-order valence-corrected chi connectivity index (χ1v) is 7.47. The van der Waals surface area contributed by atoms with Gasteiger partial charge in [0.2, 0.25) is 11.5 Å². The van der Waals surface area contributed by atoms with Gasteiger partial charge >= 0.3 is 5.97 Å². The molecule has 0 saturated carbocycles. The third-order valence-corrected chi connectivity index (χ3v) is 3.16. The summed E-state index contributed by atoms with van der Waals surface area (Å²) >= 11 is 0. The van der Waals surface area contributed by atoms with Gasteiger partial charge in [0.1, 0.15) is 0 Å². The maximum Gasteiger partial charge on any atom is 0.362 e. The molecule has 0 bridgehead atoms. The average molecular weight is 367 g/mol. The van der Waals surface area contributed by atoms with E-state index in [-0.39, 0.29) is 17.9 Å². The summed E-state index contributed by atoms with van der Waals surface area (Å²) in [6.07, 6.45) is 0. The minimum Gasteiger partial charge on any atom is -0.493 e. The van der Waals surface area contributed by atoms with Crippen LogP contribution in [0.2, 0.25) is 0 Å². The van der Waals surface area contributed by atoms with Crippen LogP contribution in [-0.4, -0.2) is 56.4 Å². The molecule has 0 aliphatic heterocycles. The number of amides is 1. The molecule has 0 saturated heterocycles. The number of benzene rings is 1. The minimum atomic E-state index is -0.863.